The molecule has 1 N–H and O–H groups in total. The van der Waals surface area contributed by atoms with Gasteiger partial charge in [0.15, 0.2) is 0 Å². The highest BCUT2D eigenvalue weighted by atomic mass is 32.2. The van der Waals surface area contributed by atoms with Gasteiger partial charge in [-0.05, 0) is 12.8 Å². The van der Waals surface area contributed by atoms with Crippen molar-refractivity contribution in [3.8, 4) is 0 Å². The van der Waals surface area contributed by atoms with Gasteiger partial charge in [0.2, 0.25) is 10.0 Å². The molecule has 0 bridgehead atoms. The smallest absolute Gasteiger partial charge is 0.303 e. The molecule has 0 spiro atoms. The third kappa shape index (κ3) is 4.01. The van der Waals surface area contributed by atoms with Crippen LogP contribution >= 0.6 is 0 Å². The van der Waals surface area contributed by atoms with Gasteiger partial charge in [0, 0.05) is 19.5 Å². The quantitative estimate of drug-likeness (QED) is 0.715. The number of hydrogen-bond donors (Lipinski definition) is 1. The van der Waals surface area contributed by atoms with Crippen LogP contribution in [0.4, 0.5) is 0 Å². The van der Waals surface area contributed by atoms with Crippen molar-refractivity contribution in [2.24, 2.45) is 0 Å². The van der Waals surface area contributed by atoms with Crippen LogP contribution in [-0.2, 0) is 14.8 Å². The fraction of sp³-hybridized carbons (Fsp3) is 0.667. The second-order valence-corrected chi connectivity index (χ2v) is 5.62. The molecule has 0 saturated carbocycles. The highest BCUT2D eigenvalue weighted by molar-refractivity contribution is 7.88. The Hall–Kier alpha value is -0.880. The molecule has 1 aliphatic heterocycles. The van der Waals surface area contributed by atoms with Gasteiger partial charge >= 0.3 is 5.97 Å². The van der Waals surface area contributed by atoms with E-state index in [0.29, 0.717) is 25.9 Å². The Bertz CT molecular complexity index is 372. The fourth-order valence-electron chi connectivity index (χ4n) is 1.51. The third-order valence-corrected chi connectivity index (χ3v) is 3.57. The lowest BCUT2D eigenvalue weighted by Gasteiger charge is -2.24. The number of hydrogen-bond acceptors (Lipinski definition) is 3. The first kappa shape index (κ1) is 12.2. The van der Waals surface area contributed by atoms with E-state index in [-0.39, 0.29) is 6.42 Å². The molecule has 1 heterocycles. The van der Waals surface area contributed by atoms with Gasteiger partial charge < -0.3 is 5.11 Å². The Morgan fingerprint density at radius 1 is 1.60 bits per heavy atom. The first-order valence-corrected chi connectivity index (χ1v) is 6.59. The van der Waals surface area contributed by atoms with Crippen molar-refractivity contribution in [2.45, 2.75) is 19.3 Å². The number of nitrogens with zero attached hydrogens (tertiary/aromatic N) is 1. The molecule has 1 aliphatic rings. The Morgan fingerprint density at radius 3 is 2.80 bits per heavy atom. The normalized spacial score (nSPS) is 18.6. The standard InChI is InChI=1S/C9H15NO4S/c1-15(13,14)10-6-2-3-8(7-10)4-5-9(11)12/h3H,2,4-7H2,1H3,(H,11,12). The van der Waals surface area contributed by atoms with Crippen LogP contribution in [0.25, 0.3) is 0 Å². The van der Waals surface area contributed by atoms with E-state index >= 15 is 0 Å². The summed E-state index contributed by atoms with van der Waals surface area (Å²) < 4.78 is 23.9. The third-order valence-electron chi connectivity index (χ3n) is 2.32. The molecule has 15 heavy (non-hydrogen) atoms. The van der Waals surface area contributed by atoms with Crippen molar-refractivity contribution in [1.29, 1.82) is 0 Å². The summed E-state index contributed by atoms with van der Waals surface area (Å²) >= 11 is 0. The van der Waals surface area contributed by atoms with Crippen molar-refractivity contribution in [2.75, 3.05) is 19.3 Å². The van der Waals surface area contributed by atoms with Crippen molar-refractivity contribution in [3.63, 3.8) is 0 Å². The maximum atomic E-state index is 11.3. The molecule has 0 saturated heterocycles. The van der Waals surface area contributed by atoms with E-state index in [2.05, 4.69) is 0 Å². The van der Waals surface area contributed by atoms with Gasteiger partial charge in [-0.15, -0.1) is 0 Å². The minimum atomic E-state index is -3.15. The first-order chi connectivity index (χ1) is 6.89. The maximum absolute atomic E-state index is 11.3. The molecule has 86 valence electrons. The van der Waals surface area contributed by atoms with Crippen LogP contribution in [-0.4, -0.2) is 43.1 Å². The van der Waals surface area contributed by atoms with Gasteiger partial charge in [0.25, 0.3) is 0 Å². The van der Waals surface area contributed by atoms with Crippen LogP contribution in [0.3, 0.4) is 0 Å². The number of aliphatic carboxylic acids is 1. The molecule has 0 aliphatic carbocycles. The molecular weight excluding hydrogens is 218 g/mol. The van der Waals surface area contributed by atoms with E-state index < -0.39 is 16.0 Å². The van der Waals surface area contributed by atoms with Crippen molar-refractivity contribution >= 4 is 16.0 Å². The SMILES string of the molecule is CS(=O)(=O)N1CCC=C(CCC(=O)O)C1. The summed E-state index contributed by atoms with van der Waals surface area (Å²) in [7, 11) is -3.15. The lowest BCUT2D eigenvalue weighted by Crippen LogP contribution is -2.35. The van der Waals surface area contributed by atoms with E-state index in [1.54, 1.807) is 0 Å². The maximum Gasteiger partial charge on any atom is 0.303 e. The van der Waals surface area contributed by atoms with Crippen LogP contribution in [0.1, 0.15) is 19.3 Å². The average molecular weight is 233 g/mol. The van der Waals surface area contributed by atoms with Crippen molar-refractivity contribution in [3.05, 3.63) is 11.6 Å². The monoisotopic (exact) mass is 233 g/mol. The van der Waals surface area contributed by atoms with Gasteiger partial charge in [0.05, 0.1) is 6.26 Å². The number of carboxylic acid groups (broad SMARTS) is 1. The summed E-state index contributed by atoms with van der Waals surface area (Å²) in [6.07, 6.45) is 4.27. The van der Waals surface area contributed by atoms with Crippen LogP contribution in [0, 0.1) is 0 Å². The Balaban J connectivity index is 2.56. The van der Waals surface area contributed by atoms with E-state index in [9.17, 15) is 13.2 Å². The summed E-state index contributed by atoms with van der Waals surface area (Å²) in [5.41, 5.74) is 0.897. The van der Waals surface area contributed by atoms with E-state index in [1.165, 1.54) is 10.6 Å². The van der Waals surface area contributed by atoms with Crippen LogP contribution in [0.2, 0.25) is 0 Å². The average Bonchev–Trinajstić information content (AvgIpc) is 2.14. The van der Waals surface area contributed by atoms with Gasteiger partial charge in [-0.1, -0.05) is 11.6 Å². The number of carbonyl (C=O) groups is 1. The molecule has 0 aromatic carbocycles. The molecule has 0 atom stereocenters. The number of carboxylic acids is 1. The minimum Gasteiger partial charge on any atom is -0.481 e. The molecule has 0 amide bonds. The zero-order chi connectivity index (χ0) is 11.5. The van der Waals surface area contributed by atoms with Crippen LogP contribution < -0.4 is 0 Å². The highest BCUT2D eigenvalue weighted by Gasteiger charge is 2.20. The van der Waals surface area contributed by atoms with Crippen molar-refractivity contribution < 1.29 is 18.3 Å². The zero-order valence-corrected chi connectivity index (χ0v) is 9.46. The van der Waals surface area contributed by atoms with Crippen LogP contribution in [0.15, 0.2) is 11.6 Å². The van der Waals surface area contributed by atoms with E-state index in [0.717, 1.165) is 5.57 Å². The van der Waals surface area contributed by atoms with Gasteiger partial charge in [-0.2, -0.15) is 4.31 Å². The molecule has 5 nitrogen and oxygen atoms in total. The Labute approximate surface area is 89.4 Å². The van der Waals surface area contributed by atoms with Gasteiger partial charge in [0.1, 0.15) is 0 Å². The number of sulfonamides is 1. The topological polar surface area (TPSA) is 74.7 Å². The molecule has 0 fully saturated rings. The predicted molar refractivity (Wildman–Crippen MR) is 56.0 cm³/mol. The second kappa shape index (κ2) is 4.76. The molecule has 0 aromatic heterocycles. The summed E-state index contributed by atoms with van der Waals surface area (Å²) in [6.45, 7) is 0.835. The van der Waals surface area contributed by atoms with E-state index in [1.807, 2.05) is 6.08 Å². The largest absolute Gasteiger partial charge is 0.481 e. The van der Waals surface area contributed by atoms with Gasteiger partial charge in [-0.3, -0.25) is 4.79 Å². The first-order valence-electron chi connectivity index (χ1n) is 4.74. The Kier molecular flexibility index (Phi) is 3.87. The molecule has 6 heteroatoms. The fourth-order valence-corrected chi connectivity index (χ4v) is 2.35. The molecule has 0 radical (unpaired) electrons. The summed E-state index contributed by atoms with van der Waals surface area (Å²) in [4.78, 5) is 10.4. The minimum absolute atomic E-state index is 0.0590. The van der Waals surface area contributed by atoms with Crippen molar-refractivity contribution in [1.82, 2.24) is 4.31 Å². The molecule has 0 aromatic rings. The number of rotatable bonds is 4. The lowest BCUT2D eigenvalue weighted by atomic mass is 10.1. The van der Waals surface area contributed by atoms with E-state index in [4.69, 9.17) is 5.11 Å². The summed E-state index contributed by atoms with van der Waals surface area (Å²) in [5, 5.41) is 8.51. The molecular formula is C9H15NO4S. The zero-order valence-electron chi connectivity index (χ0n) is 8.64. The van der Waals surface area contributed by atoms with Gasteiger partial charge in [-0.25, -0.2) is 8.42 Å². The molecule has 1 rings (SSSR count). The van der Waals surface area contributed by atoms with Crippen LogP contribution in [0.5, 0.6) is 0 Å². The summed E-state index contributed by atoms with van der Waals surface area (Å²) in [5.74, 6) is -0.854. The second-order valence-electron chi connectivity index (χ2n) is 3.64. The predicted octanol–water partition coefficient (Wildman–Crippen LogP) is 0.443. The Morgan fingerprint density at radius 2 is 2.27 bits per heavy atom. The lowest BCUT2D eigenvalue weighted by molar-refractivity contribution is -0.136. The summed E-state index contributed by atoms with van der Waals surface area (Å²) in [6, 6.07) is 0. The molecule has 0 unspecified atom stereocenters. The highest BCUT2D eigenvalue weighted by Crippen LogP contribution is 2.16.